The summed E-state index contributed by atoms with van der Waals surface area (Å²) >= 11 is 0. The van der Waals surface area contributed by atoms with Crippen molar-refractivity contribution in [1.29, 1.82) is 0 Å². The summed E-state index contributed by atoms with van der Waals surface area (Å²) < 4.78 is 0. The molecule has 0 amide bonds. The molecule has 0 saturated carbocycles. The molecular weight excluding hydrogens is 198 g/mol. The molecule has 0 spiro atoms. The maximum atomic E-state index is 4.26. The number of H-pyrrole nitrogens is 1. The molecule has 0 bridgehead atoms. The van der Waals surface area contributed by atoms with E-state index in [4.69, 9.17) is 0 Å². The Kier molecular flexibility index (Phi) is 3.57. The molecule has 1 aromatic heterocycles. The minimum absolute atomic E-state index is 0.796. The Hall–Kier alpha value is -1.35. The zero-order valence-electron chi connectivity index (χ0n) is 9.96. The maximum Gasteiger partial charge on any atom is 0.104 e. The monoisotopic (exact) mass is 217 g/mol. The number of nitrogens with zero attached hydrogens (tertiary/aromatic N) is 1. The molecule has 3 heteroatoms. The second-order valence-corrected chi connectivity index (χ2v) is 4.34. The van der Waals surface area contributed by atoms with Crippen molar-refractivity contribution in [2.75, 3.05) is 6.54 Å². The van der Waals surface area contributed by atoms with E-state index in [1.807, 2.05) is 31.2 Å². The van der Waals surface area contributed by atoms with Gasteiger partial charge in [0.15, 0.2) is 0 Å². The number of hydrogen-bond donors (Lipinski definition) is 2. The summed E-state index contributed by atoms with van der Waals surface area (Å²) in [5.41, 5.74) is 2.15. The van der Waals surface area contributed by atoms with Gasteiger partial charge >= 0.3 is 0 Å². The molecule has 3 rings (SSSR count). The van der Waals surface area contributed by atoms with Crippen LogP contribution in [0.1, 0.15) is 25.6 Å². The lowest BCUT2D eigenvalue weighted by molar-refractivity contribution is 0.664. The number of aromatic nitrogens is 2. The quantitative estimate of drug-likeness (QED) is 0.712. The molecule has 2 aromatic rings. The summed E-state index contributed by atoms with van der Waals surface area (Å²) in [6.07, 6.45) is 2.75. The molecule has 1 aliphatic heterocycles. The van der Waals surface area contributed by atoms with E-state index in [-0.39, 0.29) is 0 Å². The van der Waals surface area contributed by atoms with Crippen LogP contribution in [0.5, 0.6) is 0 Å². The lowest BCUT2D eigenvalue weighted by Crippen LogP contribution is -2.16. The van der Waals surface area contributed by atoms with Crippen LogP contribution in [0.4, 0.5) is 0 Å². The van der Waals surface area contributed by atoms with E-state index in [0.717, 1.165) is 22.9 Å². The van der Waals surface area contributed by atoms with Crippen molar-refractivity contribution in [1.82, 2.24) is 15.3 Å². The average Bonchev–Trinajstić information content (AvgIpc) is 2.86. The fraction of sp³-hybridized carbons (Fsp3) is 0.462. The van der Waals surface area contributed by atoms with Crippen LogP contribution in [0, 0.1) is 6.92 Å². The lowest BCUT2D eigenvalue weighted by Gasteiger charge is -1.95. The number of imidazole rings is 1. The molecule has 0 unspecified atom stereocenters. The van der Waals surface area contributed by atoms with Gasteiger partial charge in [0.25, 0.3) is 0 Å². The summed E-state index contributed by atoms with van der Waals surface area (Å²) in [6.45, 7) is 5.42. The Morgan fingerprint density at radius 1 is 1.31 bits per heavy atom. The average molecular weight is 217 g/mol. The zero-order valence-corrected chi connectivity index (χ0v) is 9.96. The molecule has 1 saturated heterocycles. The fourth-order valence-electron chi connectivity index (χ4n) is 1.94. The molecule has 86 valence electrons. The van der Waals surface area contributed by atoms with E-state index in [1.54, 1.807) is 0 Å². The highest BCUT2D eigenvalue weighted by molar-refractivity contribution is 5.74. The van der Waals surface area contributed by atoms with Crippen molar-refractivity contribution in [3.05, 3.63) is 30.1 Å². The van der Waals surface area contributed by atoms with Crippen molar-refractivity contribution >= 4 is 11.0 Å². The summed E-state index contributed by atoms with van der Waals surface area (Å²) in [7, 11) is 0. The third kappa shape index (κ3) is 2.83. The SMILES string of the molecule is C[C@@H]1CCCN1.Cc1nc2ccccc2[nH]1. The van der Waals surface area contributed by atoms with E-state index in [0.29, 0.717) is 0 Å². The third-order valence-corrected chi connectivity index (χ3v) is 2.81. The molecule has 2 N–H and O–H groups in total. The number of aromatic amines is 1. The molecule has 3 nitrogen and oxygen atoms in total. The van der Waals surface area contributed by atoms with Gasteiger partial charge < -0.3 is 10.3 Å². The maximum absolute atomic E-state index is 4.26. The minimum atomic E-state index is 0.796. The van der Waals surface area contributed by atoms with Crippen molar-refractivity contribution in [2.24, 2.45) is 0 Å². The molecule has 2 heterocycles. The Bertz CT molecular complexity index is 408. The largest absolute Gasteiger partial charge is 0.342 e. The molecular formula is C13H19N3. The van der Waals surface area contributed by atoms with Gasteiger partial charge in [0.2, 0.25) is 0 Å². The highest BCUT2D eigenvalue weighted by Crippen LogP contribution is 2.08. The van der Waals surface area contributed by atoms with E-state index in [1.165, 1.54) is 19.4 Å². The molecule has 1 fully saturated rings. The highest BCUT2D eigenvalue weighted by atomic mass is 14.9. The van der Waals surface area contributed by atoms with Gasteiger partial charge in [0, 0.05) is 6.04 Å². The molecule has 1 atom stereocenters. The number of nitrogens with one attached hydrogen (secondary N) is 2. The first kappa shape index (κ1) is 11.1. The van der Waals surface area contributed by atoms with E-state index < -0.39 is 0 Å². The van der Waals surface area contributed by atoms with Gasteiger partial charge in [-0.05, 0) is 45.4 Å². The van der Waals surface area contributed by atoms with Crippen molar-refractivity contribution in [2.45, 2.75) is 32.7 Å². The number of hydrogen-bond acceptors (Lipinski definition) is 2. The van der Waals surface area contributed by atoms with Crippen LogP contribution in [-0.4, -0.2) is 22.6 Å². The topological polar surface area (TPSA) is 40.7 Å². The summed E-state index contributed by atoms with van der Waals surface area (Å²) in [5.74, 6) is 0.973. The van der Waals surface area contributed by atoms with E-state index in [2.05, 4.69) is 22.2 Å². The van der Waals surface area contributed by atoms with Crippen LogP contribution < -0.4 is 5.32 Å². The first-order valence-corrected chi connectivity index (χ1v) is 5.90. The first-order valence-electron chi connectivity index (χ1n) is 5.90. The van der Waals surface area contributed by atoms with Gasteiger partial charge in [0.05, 0.1) is 11.0 Å². The van der Waals surface area contributed by atoms with Crippen molar-refractivity contribution in [3.8, 4) is 0 Å². The van der Waals surface area contributed by atoms with Crippen LogP contribution in [0.25, 0.3) is 11.0 Å². The molecule has 16 heavy (non-hydrogen) atoms. The Morgan fingerprint density at radius 3 is 2.69 bits per heavy atom. The van der Waals surface area contributed by atoms with Gasteiger partial charge in [-0.25, -0.2) is 4.98 Å². The minimum Gasteiger partial charge on any atom is -0.342 e. The van der Waals surface area contributed by atoms with Gasteiger partial charge in [-0.2, -0.15) is 0 Å². The smallest absolute Gasteiger partial charge is 0.104 e. The number of fused-ring (bicyclic) bond motifs is 1. The summed E-state index contributed by atoms with van der Waals surface area (Å²) in [6, 6.07) is 8.81. The van der Waals surface area contributed by atoms with Crippen LogP contribution in [0.3, 0.4) is 0 Å². The highest BCUT2D eigenvalue weighted by Gasteiger charge is 2.05. The summed E-state index contributed by atoms with van der Waals surface area (Å²) in [4.78, 5) is 7.40. The van der Waals surface area contributed by atoms with Gasteiger partial charge in [-0.15, -0.1) is 0 Å². The fourth-order valence-corrected chi connectivity index (χ4v) is 1.94. The number of aryl methyl sites for hydroxylation is 1. The molecule has 0 aliphatic carbocycles. The number of para-hydroxylation sites is 2. The van der Waals surface area contributed by atoms with Crippen molar-refractivity contribution < 1.29 is 0 Å². The van der Waals surface area contributed by atoms with Gasteiger partial charge in [-0.3, -0.25) is 0 Å². The second-order valence-electron chi connectivity index (χ2n) is 4.34. The first-order chi connectivity index (χ1) is 7.75. The lowest BCUT2D eigenvalue weighted by atomic mass is 10.3. The summed E-state index contributed by atoms with van der Waals surface area (Å²) in [5, 5.41) is 3.32. The zero-order chi connectivity index (χ0) is 11.4. The predicted molar refractivity (Wildman–Crippen MR) is 67.5 cm³/mol. The Balaban J connectivity index is 0.000000138. The van der Waals surface area contributed by atoms with Crippen molar-refractivity contribution in [3.63, 3.8) is 0 Å². The third-order valence-electron chi connectivity index (χ3n) is 2.81. The normalized spacial score (nSPS) is 19.5. The predicted octanol–water partition coefficient (Wildman–Crippen LogP) is 2.63. The van der Waals surface area contributed by atoms with Gasteiger partial charge in [-0.1, -0.05) is 12.1 Å². The number of rotatable bonds is 0. The molecule has 1 aliphatic rings. The van der Waals surface area contributed by atoms with Crippen LogP contribution >= 0.6 is 0 Å². The molecule has 0 radical (unpaired) electrons. The number of benzene rings is 1. The van der Waals surface area contributed by atoms with Crippen LogP contribution in [0.2, 0.25) is 0 Å². The van der Waals surface area contributed by atoms with E-state index in [9.17, 15) is 0 Å². The second kappa shape index (κ2) is 5.12. The van der Waals surface area contributed by atoms with E-state index >= 15 is 0 Å². The standard InChI is InChI=1S/C8H8N2.C5H11N/c1-6-9-7-4-2-3-5-8(7)10-6;1-5-3-2-4-6-5/h2-5H,1H3,(H,9,10);5-6H,2-4H2,1H3/t;5-/m.1/s1. The Morgan fingerprint density at radius 2 is 2.12 bits per heavy atom. The van der Waals surface area contributed by atoms with Gasteiger partial charge in [0.1, 0.15) is 5.82 Å². The Labute approximate surface area is 96.3 Å². The van der Waals surface area contributed by atoms with Crippen LogP contribution in [-0.2, 0) is 0 Å². The molecule has 1 aromatic carbocycles. The van der Waals surface area contributed by atoms with Crippen LogP contribution in [0.15, 0.2) is 24.3 Å².